The number of aryl methyl sites for hydroxylation is 1. The molecule has 0 aliphatic carbocycles. The topological polar surface area (TPSA) is 31.8 Å². The predicted octanol–water partition coefficient (Wildman–Crippen LogP) is 1.93. The van der Waals surface area contributed by atoms with Crippen LogP contribution in [0.1, 0.15) is 24.5 Å². The van der Waals surface area contributed by atoms with Gasteiger partial charge in [0.05, 0.1) is 23.9 Å². The van der Waals surface area contributed by atoms with E-state index in [9.17, 15) is 0 Å². The molecule has 3 rings (SSSR count). The summed E-state index contributed by atoms with van der Waals surface area (Å²) < 4.78 is 5.46. The molecule has 6 heteroatoms. The molecule has 0 radical (unpaired) electrons. The summed E-state index contributed by atoms with van der Waals surface area (Å²) in [7, 11) is 0. The zero-order valence-electron chi connectivity index (χ0n) is 15.5. The Balaban J connectivity index is 1.40. The number of hydrogen-bond acceptors (Lipinski definition) is 6. The lowest BCUT2D eigenvalue weighted by Gasteiger charge is -2.41. The van der Waals surface area contributed by atoms with Crippen molar-refractivity contribution in [1.82, 2.24) is 19.7 Å². The van der Waals surface area contributed by atoms with Gasteiger partial charge in [0.15, 0.2) is 0 Å². The van der Waals surface area contributed by atoms with Crippen molar-refractivity contribution in [2.75, 3.05) is 65.6 Å². The second kappa shape index (κ2) is 8.23. The third-order valence-electron chi connectivity index (χ3n) is 4.92. The second-order valence-electron chi connectivity index (χ2n) is 7.96. The van der Waals surface area contributed by atoms with E-state index in [1.54, 1.807) is 11.3 Å². The number of morpholine rings is 1. The Hall–Kier alpha value is -0.530. The van der Waals surface area contributed by atoms with Gasteiger partial charge in [-0.2, -0.15) is 0 Å². The van der Waals surface area contributed by atoms with E-state index in [4.69, 9.17) is 4.74 Å². The number of hydrogen-bond donors (Lipinski definition) is 0. The van der Waals surface area contributed by atoms with E-state index < -0.39 is 0 Å². The maximum absolute atomic E-state index is 5.46. The van der Waals surface area contributed by atoms with Crippen LogP contribution in [0.3, 0.4) is 0 Å². The van der Waals surface area contributed by atoms with Crippen molar-refractivity contribution in [2.24, 2.45) is 5.41 Å². The highest BCUT2D eigenvalue weighted by molar-refractivity contribution is 7.09. The lowest BCUT2D eigenvalue weighted by molar-refractivity contribution is 0.0107. The Morgan fingerprint density at radius 3 is 2.17 bits per heavy atom. The Morgan fingerprint density at radius 1 is 1.00 bits per heavy atom. The maximum Gasteiger partial charge on any atom is 0.0897 e. The highest BCUT2D eigenvalue weighted by Crippen LogP contribution is 2.21. The van der Waals surface area contributed by atoms with Crippen LogP contribution >= 0.6 is 11.3 Å². The van der Waals surface area contributed by atoms with Crippen LogP contribution in [0, 0.1) is 12.3 Å². The first-order chi connectivity index (χ1) is 11.5. The third-order valence-corrected chi connectivity index (χ3v) is 5.75. The van der Waals surface area contributed by atoms with Gasteiger partial charge >= 0.3 is 0 Å². The summed E-state index contributed by atoms with van der Waals surface area (Å²) in [4.78, 5) is 12.3. The summed E-state index contributed by atoms with van der Waals surface area (Å²) in [6.07, 6.45) is 0. The van der Waals surface area contributed by atoms with Crippen LogP contribution in [0.25, 0.3) is 0 Å². The third kappa shape index (κ3) is 5.49. The van der Waals surface area contributed by atoms with Crippen LogP contribution in [0.2, 0.25) is 0 Å². The summed E-state index contributed by atoms with van der Waals surface area (Å²) in [5.74, 6) is 0. The average Bonchev–Trinajstić information content (AvgIpc) is 2.94. The van der Waals surface area contributed by atoms with Gasteiger partial charge in [0.25, 0.3) is 0 Å². The first-order valence-electron chi connectivity index (χ1n) is 9.16. The highest BCUT2D eigenvalue weighted by Gasteiger charge is 2.27. The maximum atomic E-state index is 5.46. The molecule has 2 aliphatic heterocycles. The number of rotatable bonds is 6. The Kier molecular flexibility index (Phi) is 6.27. The number of aromatic nitrogens is 1. The zero-order chi connectivity index (χ0) is 17.0. The van der Waals surface area contributed by atoms with Gasteiger partial charge in [0, 0.05) is 64.3 Å². The predicted molar refractivity (Wildman–Crippen MR) is 99.6 cm³/mol. The molecule has 1 aromatic heterocycles. The van der Waals surface area contributed by atoms with Gasteiger partial charge in [0.2, 0.25) is 0 Å². The molecule has 0 N–H and O–H groups in total. The Morgan fingerprint density at radius 2 is 1.58 bits per heavy atom. The molecule has 0 aromatic carbocycles. The van der Waals surface area contributed by atoms with Crippen LogP contribution in [0.5, 0.6) is 0 Å². The van der Waals surface area contributed by atoms with E-state index in [1.807, 2.05) is 0 Å². The molecule has 24 heavy (non-hydrogen) atoms. The first-order valence-corrected chi connectivity index (χ1v) is 10.0. The van der Waals surface area contributed by atoms with Crippen molar-refractivity contribution in [3.63, 3.8) is 0 Å². The van der Waals surface area contributed by atoms with Crippen LogP contribution in [0.4, 0.5) is 0 Å². The Labute approximate surface area is 150 Å². The van der Waals surface area contributed by atoms with Crippen molar-refractivity contribution in [1.29, 1.82) is 0 Å². The van der Waals surface area contributed by atoms with E-state index in [0.717, 1.165) is 45.9 Å². The first kappa shape index (κ1) is 18.3. The number of thiazole rings is 1. The summed E-state index contributed by atoms with van der Waals surface area (Å²) in [5.41, 5.74) is 1.57. The molecule has 3 heterocycles. The largest absolute Gasteiger partial charge is 0.379 e. The molecule has 0 saturated carbocycles. The number of ether oxygens (including phenoxy) is 1. The molecule has 136 valence electrons. The summed E-state index contributed by atoms with van der Waals surface area (Å²) >= 11 is 1.76. The molecular weight excluding hydrogens is 320 g/mol. The Bertz CT molecular complexity index is 505. The van der Waals surface area contributed by atoms with Gasteiger partial charge in [-0.3, -0.25) is 9.80 Å². The van der Waals surface area contributed by atoms with Crippen molar-refractivity contribution in [2.45, 2.75) is 27.3 Å². The van der Waals surface area contributed by atoms with Crippen molar-refractivity contribution in [3.8, 4) is 0 Å². The van der Waals surface area contributed by atoms with Crippen LogP contribution in [0.15, 0.2) is 5.38 Å². The minimum Gasteiger partial charge on any atom is -0.379 e. The van der Waals surface area contributed by atoms with Gasteiger partial charge in [-0.1, -0.05) is 13.8 Å². The molecule has 0 bridgehead atoms. The fraction of sp³-hybridized carbons (Fsp3) is 0.833. The average molecular weight is 353 g/mol. The highest BCUT2D eigenvalue weighted by atomic mass is 32.1. The van der Waals surface area contributed by atoms with E-state index in [0.29, 0.717) is 5.41 Å². The van der Waals surface area contributed by atoms with Gasteiger partial charge in [0.1, 0.15) is 0 Å². The van der Waals surface area contributed by atoms with E-state index in [-0.39, 0.29) is 0 Å². The summed E-state index contributed by atoms with van der Waals surface area (Å²) in [6, 6.07) is 0. The fourth-order valence-electron chi connectivity index (χ4n) is 3.84. The van der Waals surface area contributed by atoms with Crippen LogP contribution < -0.4 is 0 Å². The molecule has 1 aromatic rings. The summed E-state index contributed by atoms with van der Waals surface area (Å²) in [5, 5.41) is 3.38. The molecule has 2 saturated heterocycles. The molecule has 0 amide bonds. The molecule has 5 nitrogen and oxygen atoms in total. The van der Waals surface area contributed by atoms with Gasteiger partial charge in [-0.05, 0) is 12.3 Å². The second-order valence-corrected chi connectivity index (χ2v) is 9.03. The smallest absolute Gasteiger partial charge is 0.0897 e. The minimum absolute atomic E-state index is 0.339. The van der Waals surface area contributed by atoms with Crippen LogP contribution in [-0.4, -0.2) is 85.3 Å². The van der Waals surface area contributed by atoms with Gasteiger partial charge in [-0.15, -0.1) is 11.3 Å². The van der Waals surface area contributed by atoms with E-state index in [1.165, 1.54) is 36.9 Å². The summed E-state index contributed by atoms with van der Waals surface area (Å²) in [6.45, 7) is 18.9. The zero-order valence-corrected chi connectivity index (χ0v) is 16.3. The molecule has 2 fully saturated rings. The molecule has 2 aliphatic rings. The lowest BCUT2D eigenvalue weighted by atomic mass is 9.91. The van der Waals surface area contributed by atoms with E-state index in [2.05, 4.69) is 45.8 Å². The fourth-order valence-corrected chi connectivity index (χ4v) is 4.44. The quantitative estimate of drug-likeness (QED) is 0.781. The molecule has 0 spiro atoms. The molecular formula is C18H32N4OS. The SMILES string of the molecule is Cc1nc(CN2CCN(CC(C)(C)CN3CCOCC3)CC2)cs1. The minimum atomic E-state index is 0.339. The molecule has 0 unspecified atom stereocenters. The van der Waals surface area contributed by atoms with Crippen molar-refractivity contribution < 1.29 is 4.74 Å². The van der Waals surface area contributed by atoms with E-state index >= 15 is 0 Å². The monoisotopic (exact) mass is 352 g/mol. The molecule has 0 atom stereocenters. The van der Waals surface area contributed by atoms with Crippen molar-refractivity contribution >= 4 is 11.3 Å². The number of piperazine rings is 1. The van der Waals surface area contributed by atoms with Gasteiger partial charge < -0.3 is 9.64 Å². The normalized spacial score (nSPS) is 22.1. The van der Waals surface area contributed by atoms with Crippen molar-refractivity contribution in [3.05, 3.63) is 16.1 Å². The lowest BCUT2D eigenvalue weighted by Crippen LogP contribution is -2.51. The van der Waals surface area contributed by atoms with Gasteiger partial charge in [-0.25, -0.2) is 4.98 Å². The van der Waals surface area contributed by atoms with Crippen LogP contribution in [-0.2, 0) is 11.3 Å². The standard InChI is InChI=1S/C18H32N4OS/c1-16-19-17(13-24-16)12-20-4-6-21(7-5-20)14-18(2,3)15-22-8-10-23-11-9-22/h13H,4-12,14-15H2,1-3H3. The number of nitrogens with zero attached hydrogens (tertiary/aromatic N) is 4.